The van der Waals surface area contributed by atoms with E-state index in [-0.39, 0.29) is 12.2 Å². The van der Waals surface area contributed by atoms with Gasteiger partial charge in [-0.05, 0) is 13.8 Å². The van der Waals surface area contributed by atoms with E-state index in [0.717, 1.165) is 0 Å². The number of ether oxygens (including phenoxy) is 1. The van der Waals surface area contributed by atoms with Crippen LogP contribution in [0.5, 0.6) is 0 Å². The molecule has 0 fully saturated rings. The highest BCUT2D eigenvalue weighted by Crippen LogP contribution is 2.10. The van der Waals surface area contributed by atoms with Crippen LogP contribution in [0, 0.1) is 0 Å². The number of aliphatic hydroxyl groups excluding tert-OH is 1. The van der Waals surface area contributed by atoms with Gasteiger partial charge in [-0.25, -0.2) is 0 Å². The van der Waals surface area contributed by atoms with E-state index in [1.807, 2.05) is 19.9 Å². The molecule has 0 spiro atoms. The van der Waals surface area contributed by atoms with Gasteiger partial charge in [0.1, 0.15) is 0 Å². The molecule has 0 aromatic carbocycles. The van der Waals surface area contributed by atoms with Crippen molar-refractivity contribution in [2.45, 2.75) is 32.2 Å². The summed E-state index contributed by atoms with van der Waals surface area (Å²) in [6, 6.07) is 0. The molecule has 1 aliphatic rings. The Hall–Kier alpha value is -0.340. The quantitative estimate of drug-likeness (QED) is 0.487. The fourth-order valence-corrected chi connectivity index (χ4v) is 0.891. The van der Waals surface area contributed by atoms with E-state index in [0.29, 0.717) is 0 Å². The molecule has 9 heavy (non-hydrogen) atoms. The van der Waals surface area contributed by atoms with Crippen LogP contribution in [0.4, 0.5) is 0 Å². The summed E-state index contributed by atoms with van der Waals surface area (Å²) >= 11 is 0. The van der Waals surface area contributed by atoms with Gasteiger partial charge in [-0.15, -0.1) is 0 Å². The molecule has 0 saturated heterocycles. The Kier molecular flexibility index (Phi) is 1.88. The fourth-order valence-electron chi connectivity index (χ4n) is 0.891. The monoisotopic (exact) mass is 128 g/mol. The van der Waals surface area contributed by atoms with Crippen molar-refractivity contribution in [3.8, 4) is 0 Å². The molecule has 3 atom stereocenters. The molecule has 1 N–H and O–H groups in total. The van der Waals surface area contributed by atoms with Crippen molar-refractivity contribution in [2.24, 2.45) is 0 Å². The van der Waals surface area contributed by atoms with Crippen molar-refractivity contribution < 1.29 is 9.84 Å². The second kappa shape index (κ2) is 2.50. The van der Waals surface area contributed by atoms with Crippen LogP contribution in [0.3, 0.4) is 0 Å². The van der Waals surface area contributed by atoms with E-state index in [1.165, 1.54) is 0 Å². The first-order valence-electron chi connectivity index (χ1n) is 3.22. The third-order valence-corrected chi connectivity index (χ3v) is 1.49. The predicted octanol–water partition coefficient (Wildman–Crippen LogP) is 0.711. The van der Waals surface area contributed by atoms with Crippen LogP contribution in [0.2, 0.25) is 0 Å². The van der Waals surface area contributed by atoms with Crippen LogP contribution < -0.4 is 0 Å². The molecule has 0 unspecified atom stereocenters. The smallest absolute Gasteiger partial charge is 0.0981 e. The second-order valence-corrected chi connectivity index (χ2v) is 2.42. The molecular weight excluding hydrogens is 116 g/mol. The van der Waals surface area contributed by atoms with E-state index >= 15 is 0 Å². The fraction of sp³-hybridized carbons (Fsp3) is 0.714. The van der Waals surface area contributed by atoms with Crippen LogP contribution in [-0.2, 0) is 4.74 Å². The summed E-state index contributed by atoms with van der Waals surface area (Å²) in [6.45, 7) is 3.82. The van der Waals surface area contributed by atoms with Crippen molar-refractivity contribution in [3.63, 3.8) is 0 Å². The molecule has 0 radical (unpaired) electrons. The summed E-state index contributed by atoms with van der Waals surface area (Å²) in [4.78, 5) is 0. The number of hydrogen-bond donors (Lipinski definition) is 1. The predicted molar refractivity (Wildman–Crippen MR) is 35.2 cm³/mol. The van der Waals surface area contributed by atoms with Crippen LogP contribution in [0.1, 0.15) is 13.8 Å². The minimum absolute atomic E-state index is 0.0509. The maximum atomic E-state index is 9.08. The first-order chi connectivity index (χ1) is 4.20. The molecule has 0 aliphatic carbocycles. The SMILES string of the molecule is C[C@@H]1C=C[C@@H](O)[C@H](C)O1. The van der Waals surface area contributed by atoms with Gasteiger partial charge in [-0.1, -0.05) is 12.2 Å². The van der Waals surface area contributed by atoms with Gasteiger partial charge < -0.3 is 9.84 Å². The van der Waals surface area contributed by atoms with Gasteiger partial charge in [0.05, 0.1) is 18.3 Å². The molecule has 1 aliphatic heterocycles. The number of rotatable bonds is 0. The highest BCUT2D eigenvalue weighted by atomic mass is 16.5. The zero-order valence-electron chi connectivity index (χ0n) is 5.74. The van der Waals surface area contributed by atoms with Crippen molar-refractivity contribution in [2.75, 3.05) is 0 Å². The first kappa shape index (κ1) is 6.78. The van der Waals surface area contributed by atoms with Gasteiger partial charge in [0, 0.05) is 0 Å². The van der Waals surface area contributed by atoms with E-state index in [2.05, 4.69) is 0 Å². The van der Waals surface area contributed by atoms with Gasteiger partial charge in [0.15, 0.2) is 0 Å². The average molecular weight is 128 g/mol. The van der Waals surface area contributed by atoms with E-state index in [9.17, 15) is 0 Å². The number of hydrogen-bond acceptors (Lipinski definition) is 2. The topological polar surface area (TPSA) is 29.5 Å². The third-order valence-electron chi connectivity index (χ3n) is 1.49. The Labute approximate surface area is 55.1 Å². The normalized spacial score (nSPS) is 43.2. The molecule has 0 saturated carbocycles. The van der Waals surface area contributed by atoms with Gasteiger partial charge >= 0.3 is 0 Å². The minimum atomic E-state index is -0.416. The molecule has 0 amide bonds. The molecule has 0 bridgehead atoms. The molecule has 1 rings (SSSR count). The van der Waals surface area contributed by atoms with Gasteiger partial charge in [-0.2, -0.15) is 0 Å². The summed E-state index contributed by atoms with van der Waals surface area (Å²) in [6.07, 6.45) is 3.33. The second-order valence-electron chi connectivity index (χ2n) is 2.42. The van der Waals surface area contributed by atoms with Gasteiger partial charge in [0.25, 0.3) is 0 Å². The molecule has 2 heteroatoms. The minimum Gasteiger partial charge on any atom is -0.386 e. The van der Waals surface area contributed by atoms with Crippen molar-refractivity contribution in [1.29, 1.82) is 0 Å². The summed E-state index contributed by atoms with van der Waals surface area (Å²) in [7, 11) is 0. The Morgan fingerprint density at radius 2 is 2.00 bits per heavy atom. The van der Waals surface area contributed by atoms with E-state index in [1.54, 1.807) is 6.08 Å². The van der Waals surface area contributed by atoms with Crippen LogP contribution >= 0.6 is 0 Å². The molecule has 0 aromatic rings. The molecule has 52 valence electrons. The summed E-state index contributed by atoms with van der Waals surface area (Å²) in [5.74, 6) is 0. The molecule has 2 nitrogen and oxygen atoms in total. The van der Waals surface area contributed by atoms with Crippen molar-refractivity contribution >= 4 is 0 Å². The van der Waals surface area contributed by atoms with E-state index < -0.39 is 6.10 Å². The Morgan fingerprint density at radius 1 is 1.33 bits per heavy atom. The zero-order chi connectivity index (χ0) is 6.85. The average Bonchev–Trinajstić information content (AvgIpc) is 1.80. The Bertz CT molecular complexity index is 120. The first-order valence-corrected chi connectivity index (χ1v) is 3.22. The molecule has 1 heterocycles. The maximum absolute atomic E-state index is 9.08. The van der Waals surface area contributed by atoms with Crippen LogP contribution in [0.15, 0.2) is 12.2 Å². The standard InChI is InChI=1S/C7H12O2/c1-5-3-4-7(8)6(2)9-5/h3-8H,1-2H3/t5-,6+,7-/m1/s1. The zero-order valence-corrected chi connectivity index (χ0v) is 5.74. The van der Waals surface area contributed by atoms with Gasteiger partial charge in [0.2, 0.25) is 0 Å². The lowest BCUT2D eigenvalue weighted by molar-refractivity contribution is -0.0388. The Morgan fingerprint density at radius 3 is 2.44 bits per heavy atom. The van der Waals surface area contributed by atoms with Crippen LogP contribution in [-0.4, -0.2) is 23.4 Å². The highest BCUT2D eigenvalue weighted by molar-refractivity contribution is 4.99. The summed E-state index contributed by atoms with van der Waals surface area (Å²) in [5.41, 5.74) is 0. The molecular formula is C7H12O2. The van der Waals surface area contributed by atoms with Crippen LogP contribution in [0.25, 0.3) is 0 Å². The van der Waals surface area contributed by atoms with Crippen molar-refractivity contribution in [1.82, 2.24) is 0 Å². The maximum Gasteiger partial charge on any atom is 0.0981 e. The lowest BCUT2D eigenvalue weighted by Gasteiger charge is -2.24. The van der Waals surface area contributed by atoms with Crippen molar-refractivity contribution in [3.05, 3.63) is 12.2 Å². The molecule has 0 aromatic heterocycles. The lowest BCUT2D eigenvalue weighted by Crippen LogP contribution is -2.31. The Balaban J connectivity index is 2.54. The third kappa shape index (κ3) is 1.53. The lowest BCUT2D eigenvalue weighted by atomic mass is 10.1. The number of aliphatic hydroxyl groups is 1. The largest absolute Gasteiger partial charge is 0.386 e. The summed E-state index contributed by atoms with van der Waals surface area (Å²) in [5, 5.41) is 9.08. The highest BCUT2D eigenvalue weighted by Gasteiger charge is 2.17. The van der Waals surface area contributed by atoms with E-state index in [4.69, 9.17) is 9.84 Å². The summed E-state index contributed by atoms with van der Waals surface area (Å²) < 4.78 is 5.26. The van der Waals surface area contributed by atoms with Gasteiger partial charge in [-0.3, -0.25) is 0 Å².